The summed E-state index contributed by atoms with van der Waals surface area (Å²) in [5, 5.41) is 10.6. The van der Waals surface area contributed by atoms with Crippen molar-refractivity contribution in [3.63, 3.8) is 0 Å². The Morgan fingerprint density at radius 2 is 1.97 bits per heavy atom. The lowest BCUT2D eigenvalue weighted by Crippen LogP contribution is -2.14. The maximum atomic E-state index is 13.6. The predicted octanol–water partition coefficient (Wildman–Crippen LogP) is 2.17. The molecule has 0 saturated carbocycles. The summed E-state index contributed by atoms with van der Waals surface area (Å²) in [4.78, 5) is 23.8. The molecule has 0 spiro atoms. The molecule has 0 aliphatic rings. The fourth-order valence-corrected chi connectivity index (χ4v) is 3.24. The van der Waals surface area contributed by atoms with Crippen LogP contribution in [0.4, 0.5) is 21.7 Å². The molecular formula is C18H17FN6O3S. The highest BCUT2D eigenvalue weighted by Crippen LogP contribution is 2.27. The third-order valence-electron chi connectivity index (χ3n) is 3.66. The Balaban J connectivity index is 1.90. The highest BCUT2D eigenvalue weighted by atomic mass is 32.2. The lowest BCUT2D eigenvalue weighted by molar-refractivity contribution is -0.114. The minimum Gasteiger partial charge on any atom is -0.326 e. The van der Waals surface area contributed by atoms with Crippen molar-refractivity contribution in [2.45, 2.75) is 12.7 Å². The van der Waals surface area contributed by atoms with Crippen LogP contribution in [0.1, 0.15) is 12.5 Å². The zero-order valence-corrected chi connectivity index (χ0v) is 16.1. The molecule has 0 fully saturated rings. The van der Waals surface area contributed by atoms with Gasteiger partial charge in [0, 0.05) is 18.2 Å². The largest absolute Gasteiger partial charge is 0.326 e. The van der Waals surface area contributed by atoms with Gasteiger partial charge in [-0.05, 0) is 35.9 Å². The fourth-order valence-electron chi connectivity index (χ4n) is 2.59. The number of anilines is 3. The van der Waals surface area contributed by atoms with Gasteiger partial charge in [0.25, 0.3) is 0 Å². The average molecular weight is 416 g/mol. The number of hydrogen-bond donors (Lipinski definition) is 3. The van der Waals surface area contributed by atoms with Gasteiger partial charge in [0.1, 0.15) is 12.1 Å². The summed E-state index contributed by atoms with van der Waals surface area (Å²) in [5.41, 5.74) is 1.68. The number of hydrogen-bond acceptors (Lipinski definition) is 7. The van der Waals surface area contributed by atoms with Crippen molar-refractivity contribution in [1.29, 1.82) is 0 Å². The first kappa shape index (κ1) is 20.3. The van der Waals surface area contributed by atoms with Crippen LogP contribution in [0.3, 0.4) is 0 Å². The summed E-state index contributed by atoms with van der Waals surface area (Å²) >= 11 is 0. The molecule has 150 valence electrons. The van der Waals surface area contributed by atoms with Crippen LogP contribution in [0.5, 0.6) is 0 Å². The second kappa shape index (κ2) is 8.29. The lowest BCUT2D eigenvalue weighted by atomic mass is 10.1. The number of carbonyl (C=O) groups excluding carboxylic acids is 1. The molecule has 3 rings (SSSR count). The van der Waals surface area contributed by atoms with Crippen LogP contribution in [0, 0.1) is 5.82 Å². The first-order valence-electron chi connectivity index (χ1n) is 8.32. The topological polar surface area (TPSA) is 140 Å². The Morgan fingerprint density at radius 1 is 1.17 bits per heavy atom. The Morgan fingerprint density at radius 3 is 2.69 bits per heavy atom. The van der Waals surface area contributed by atoms with Gasteiger partial charge in [-0.2, -0.15) is 4.98 Å². The van der Waals surface area contributed by atoms with Crippen molar-refractivity contribution in [1.82, 2.24) is 15.0 Å². The number of rotatable bonds is 6. The van der Waals surface area contributed by atoms with E-state index < -0.39 is 15.8 Å². The molecule has 0 aliphatic carbocycles. The van der Waals surface area contributed by atoms with Crippen molar-refractivity contribution < 1.29 is 17.6 Å². The first-order chi connectivity index (χ1) is 13.7. The van der Waals surface area contributed by atoms with Crippen molar-refractivity contribution in [2.75, 3.05) is 10.6 Å². The van der Waals surface area contributed by atoms with Gasteiger partial charge in [-0.15, -0.1) is 0 Å². The second-order valence-electron chi connectivity index (χ2n) is 6.14. The van der Waals surface area contributed by atoms with E-state index in [-0.39, 0.29) is 29.1 Å². The number of carbonyl (C=O) groups is 1. The number of sulfonamides is 1. The van der Waals surface area contributed by atoms with E-state index in [4.69, 9.17) is 5.14 Å². The normalized spacial score (nSPS) is 11.1. The van der Waals surface area contributed by atoms with E-state index in [2.05, 4.69) is 25.6 Å². The molecule has 0 aliphatic heterocycles. The van der Waals surface area contributed by atoms with E-state index in [9.17, 15) is 17.6 Å². The molecule has 0 unspecified atom stereocenters. The van der Waals surface area contributed by atoms with E-state index in [0.717, 1.165) is 0 Å². The van der Waals surface area contributed by atoms with Crippen LogP contribution in [0.25, 0.3) is 11.4 Å². The van der Waals surface area contributed by atoms with E-state index in [1.54, 1.807) is 24.3 Å². The average Bonchev–Trinajstić information content (AvgIpc) is 2.60. The van der Waals surface area contributed by atoms with Crippen molar-refractivity contribution in [3.05, 3.63) is 60.2 Å². The van der Waals surface area contributed by atoms with Gasteiger partial charge in [0.05, 0.1) is 11.4 Å². The summed E-state index contributed by atoms with van der Waals surface area (Å²) in [6, 6.07) is 10.5. The molecule has 2 aromatic carbocycles. The SMILES string of the molecule is CC(=O)Nc1cc(F)ccc1-c1ncnc(Nc2cccc(CS(N)(=O)=O)c2)n1. The molecule has 9 nitrogen and oxygen atoms in total. The molecule has 0 radical (unpaired) electrons. The maximum absolute atomic E-state index is 13.6. The molecule has 0 atom stereocenters. The van der Waals surface area contributed by atoms with Crippen molar-refractivity contribution >= 4 is 33.3 Å². The molecule has 0 bridgehead atoms. The molecule has 1 amide bonds. The number of halogens is 1. The van der Waals surface area contributed by atoms with E-state index >= 15 is 0 Å². The molecule has 1 heterocycles. The minimum atomic E-state index is -3.66. The molecule has 3 aromatic rings. The zero-order valence-electron chi connectivity index (χ0n) is 15.3. The summed E-state index contributed by atoms with van der Waals surface area (Å²) in [5.74, 6) is -0.791. The minimum absolute atomic E-state index is 0.181. The standard InChI is InChI=1S/C18H17FN6O3S/c1-11(26)23-16-8-13(19)5-6-15(16)17-21-10-22-18(25-17)24-14-4-2-3-12(7-14)9-29(20,27)28/h2-8,10H,9H2,1H3,(H,23,26)(H2,20,27,28)(H,21,22,24,25). The van der Waals surface area contributed by atoms with Crippen LogP contribution < -0.4 is 15.8 Å². The smallest absolute Gasteiger partial charge is 0.230 e. The molecule has 11 heteroatoms. The third-order valence-corrected chi connectivity index (χ3v) is 4.39. The van der Waals surface area contributed by atoms with Crippen molar-refractivity contribution in [3.8, 4) is 11.4 Å². The Labute approximate surface area is 166 Å². The van der Waals surface area contributed by atoms with Crippen LogP contribution in [-0.2, 0) is 20.6 Å². The Kier molecular flexibility index (Phi) is 5.80. The number of benzene rings is 2. The Hall–Kier alpha value is -3.44. The quantitative estimate of drug-likeness (QED) is 0.559. The Bertz CT molecular complexity index is 1170. The third kappa shape index (κ3) is 5.77. The maximum Gasteiger partial charge on any atom is 0.230 e. The van der Waals surface area contributed by atoms with Gasteiger partial charge in [0.15, 0.2) is 5.82 Å². The summed E-state index contributed by atoms with van der Waals surface area (Å²) in [6.07, 6.45) is 1.26. The molecule has 0 saturated heterocycles. The lowest BCUT2D eigenvalue weighted by Gasteiger charge is -2.11. The molecule has 1 aromatic heterocycles. The summed E-state index contributed by atoms with van der Waals surface area (Å²) in [6.45, 7) is 1.31. The number of nitrogens with zero attached hydrogens (tertiary/aromatic N) is 3. The monoisotopic (exact) mass is 416 g/mol. The van der Waals surface area contributed by atoms with E-state index in [1.165, 1.54) is 31.5 Å². The van der Waals surface area contributed by atoms with Crippen LogP contribution in [0.15, 0.2) is 48.8 Å². The fraction of sp³-hybridized carbons (Fsp3) is 0.111. The van der Waals surface area contributed by atoms with Crippen molar-refractivity contribution in [2.24, 2.45) is 5.14 Å². The summed E-state index contributed by atoms with van der Waals surface area (Å²) in [7, 11) is -3.66. The highest BCUT2D eigenvalue weighted by Gasteiger charge is 2.12. The molecule has 4 N–H and O–H groups in total. The number of aromatic nitrogens is 3. The van der Waals surface area contributed by atoms with Crippen LogP contribution >= 0.6 is 0 Å². The molecule has 29 heavy (non-hydrogen) atoms. The summed E-state index contributed by atoms with van der Waals surface area (Å²) < 4.78 is 36.1. The van der Waals surface area contributed by atoms with Gasteiger partial charge in [0.2, 0.25) is 21.9 Å². The highest BCUT2D eigenvalue weighted by molar-refractivity contribution is 7.88. The number of primary sulfonamides is 1. The van der Waals surface area contributed by atoms with Gasteiger partial charge in [-0.1, -0.05) is 12.1 Å². The predicted molar refractivity (Wildman–Crippen MR) is 106 cm³/mol. The van der Waals surface area contributed by atoms with E-state index in [0.29, 0.717) is 16.8 Å². The number of nitrogens with two attached hydrogens (primary N) is 1. The first-order valence-corrected chi connectivity index (χ1v) is 10.0. The number of nitrogens with one attached hydrogen (secondary N) is 2. The number of amides is 1. The zero-order chi connectivity index (χ0) is 21.0. The van der Waals surface area contributed by atoms with Gasteiger partial charge in [-0.25, -0.2) is 27.9 Å². The second-order valence-corrected chi connectivity index (χ2v) is 7.75. The van der Waals surface area contributed by atoms with Crippen LogP contribution in [0.2, 0.25) is 0 Å². The van der Waals surface area contributed by atoms with Gasteiger partial charge >= 0.3 is 0 Å². The molecular weight excluding hydrogens is 399 g/mol. The van der Waals surface area contributed by atoms with Gasteiger partial charge in [-0.3, -0.25) is 4.79 Å². The van der Waals surface area contributed by atoms with Crippen LogP contribution in [-0.4, -0.2) is 29.3 Å². The van der Waals surface area contributed by atoms with Gasteiger partial charge < -0.3 is 10.6 Å². The van der Waals surface area contributed by atoms with E-state index in [1.807, 2.05) is 0 Å².